The molecule has 2 bridgehead atoms. The van der Waals surface area contributed by atoms with Gasteiger partial charge < -0.3 is 30.4 Å². The first-order valence-corrected chi connectivity index (χ1v) is 8.49. The summed E-state index contributed by atoms with van der Waals surface area (Å²) in [6.45, 7) is -0.307. The maximum atomic E-state index is 13.0. The number of hydrogen-bond acceptors (Lipinski definition) is 6. The molecular formula is C17H20F2N2O5. The molecule has 5 rings (SSSR count). The highest BCUT2D eigenvalue weighted by molar-refractivity contribution is 5.78. The Morgan fingerprint density at radius 3 is 2.65 bits per heavy atom. The summed E-state index contributed by atoms with van der Waals surface area (Å²) in [6, 6.07) is 3.93. The molecule has 26 heavy (non-hydrogen) atoms. The van der Waals surface area contributed by atoms with Crippen LogP contribution in [0.1, 0.15) is 32.1 Å². The Hall–Kier alpha value is -2.13. The number of alkyl halides is 2. The summed E-state index contributed by atoms with van der Waals surface area (Å²) in [6.07, 6.45) is -1.18. The molecule has 0 radical (unpaired) electrons. The zero-order valence-electron chi connectivity index (χ0n) is 14.0. The third kappa shape index (κ3) is 3.05. The Bertz CT molecular complexity index is 734. The van der Waals surface area contributed by atoms with Crippen molar-refractivity contribution in [1.29, 1.82) is 0 Å². The first-order chi connectivity index (χ1) is 12.2. The fraction of sp³-hybridized carbons (Fsp3) is 0.588. The molecule has 3 saturated carbocycles. The lowest BCUT2D eigenvalue weighted by molar-refractivity contribution is -0.286. The Labute approximate surface area is 148 Å². The molecule has 1 heterocycles. The summed E-state index contributed by atoms with van der Waals surface area (Å²) in [5.74, 6) is -0.436. The van der Waals surface area contributed by atoms with Crippen LogP contribution in [0.2, 0.25) is 0 Å². The number of hydrogen-bond donors (Lipinski definition) is 3. The minimum atomic E-state index is -3.70. The van der Waals surface area contributed by atoms with Crippen LogP contribution in [0.15, 0.2) is 18.2 Å². The highest BCUT2D eigenvalue weighted by Gasteiger charge is 2.53. The Kier molecular flexibility index (Phi) is 3.78. The Morgan fingerprint density at radius 2 is 1.96 bits per heavy atom. The van der Waals surface area contributed by atoms with E-state index in [1.165, 1.54) is 18.2 Å². The zero-order chi connectivity index (χ0) is 18.6. The molecule has 1 aromatic rings. The van der Waals surface area contributed by atoms with Crippen LogP contribution in [0.25, 0.3) is 0 Å². The van der Waals surface area contributed by atoms with E-state index >= 15 is 0 Å². The lowest BCUT2D eigenvalue weighted by Gasteiger charge is -2.54. The number of nitrogens with one attached hydrogen (secondary N) is 1. The summed E-state index contributed by atoms with van der Waals surface area (Å²) >= 11 is 0. The normalized spacial score (nSPS) is 33.8. The molecule has 4 aliphatic rings. The van der Waals surface area contributed by atoms with Gasteiger partial charge in [0.05, 0.1) is 11.6 Å². The Balaban J connectivity index is 1.35. The van der Waals surface area contributed by atoms with Crippen molar-refractivity contribution in [2.75, 3.05) is 6.61 Å². The highest BCUT2D eigenvalue weighted by Crippen LogP contribution is 2.46. The van der Waals surface area contributed by atoms with Crippen molar-refractivity contribution in [2.24, 2.45) is 5.73 Å². The van der Waals surface area contributed by atoms with Gasteiger partial charge in [0.15, 0.2) is 18.1 Å². The number of rotatable bonds is 4. The van der Waals surface area contributed by atoms with Gasteiger partial charge in [0.1, 0.15) is 5.75 Å². The maximum absolute atomic E-state index is 13.0. The fourth-order valence-electron chi connectivity index (χ4n) is 4.00. The maximum Gasteiger partial charge on any atom is 0.586 e. The number of carbonyl (C=O) groups excluding carboxylic acids is 1. The van der Waals surface area contributed by atoms with E-state index in [-0.39, 0.29) is 29.4 Å². The molecule has 1 aliphatic heterocycles. The van der Waals surface area contributed by atoms with E-state index in [0.29, 0.717) is 19.3 Å². The molecule has 142 valence electrons. The van der Waals surface area contributed by atoms with Crippen LogP contribution < -0.4 is 25.3 Å². The van der Waals surface area contributed by atoms with Crippen molar-refractivity contribution < 1.29 is 32.9 Å². The third-order valence-corrected chi connectivity index (χ3v) is 5.51. The van der Waals surface area contributed by atoms with Crippen molar-refractivity contribution in [3.8, 4) is 17.2 Å². The number of aliphatic hydroxyl groups excluding tert-OH is 1. The molecule has 3 fully saturated rings. The largest absolute Gasteiger partial charge is 0.586 e. The minimum Gasteiger partial charge on any atom is -0.484 e. The first-order valence-electron chi connectivity index (χ1n) is 8.49. The third-order valence-electron chi connectivity index (χ3n) is 5.51. The molecule has 0 unspecified atom stereocenters. The fourth-order valence-corrected chi connectivity index (χ4v) is 4.00. The second-order valence-electron chi connectivity index (χ2n) is 7.35. The summed E-state index contributed by atoms with van der Waals surface area (Å²) in [4.78, 5) is 12.3. The van der Waals surface area contributed by atoms with Gasteiger partial charge >= 0.3 is 6.29 Å². The van der Waals surface area contributed by atoms with Gasteiger partial charge in [-0.1, -0.05) is 0 Å². The van der Waals surface area contributed by atoms with Crippen LogP contribution in [0.5, 0.6) is 17.2 Å². The quantitative estimate of drug-likeness (QED) is 0.738. The first kappa shape index (κ1) is 17.3. The van der Waals surface area contributed by atoms with Crippen molar-refractivity contribution in [3.05, 3.63) is 18.2 Å². The zero-order valence-corrected chi connectivity index (χ0v) is 14.0. The van der Waals surface area contributed by atoms with Gasteiger partial charge in [-0.2, -0.15) is 0 Å². The number of carbonyl (C=O) groups is 1. The van der Waals surface area contributed by atoms with E-state index in [0.717, 1.165) is 12.8 Å². The Morgan fingerprint density at radius 1 is 1.27 bits per heavy atom. The van der Waals surface area contributed by atoms with Crippen LogP contribution in [0, 0.1) is 0 Å². The van der Waals surface area contributed by atoms with Gasteiger partial charge in [0.25, 0.3) is 5.91 Å². The van der Waals surface area contributed by atoms with E-state index < -0.39 is 23.8 Å². The summed E-state index contributed by atoms with van der Waals surface area (Å²) in [7, 11) is 0. The van der Waals surface area contributed by atoms with Gasteiger partial charge in [0.2, 0.25) is 0 Å². The molecule has 1 amide bonds. The smallest absolute Gasteiger partial charge is 0.484 e. The van der Waals surface area contributed by atoms with Gasteiger partial charge in [-0.3, -0.25) is 4.79 Å². The van der Waals surface area contributed by atoms with E-state index in [4.69, 9.17) is 10.5 Å². The van der Waals surface area contributed by atoms with Crippen LogP contribution in [0.3, 0.4) is 0 Å². The average Bonchev–Trinajstić information content (AvgIpc) is 2.87. The topological polar surface area (TPSA) is 103 Å². The summed E-state index contributed by atoms with van der Waals surface area (Å²) in [5.41, 5.74) is 5.20. The van der Waals surface area contributed by atoms with E-state index in [2.05, 4.69) is 14.8 Å². The van der Waals surface area contributed by atoms with Gasteiger partial charge in [-0.25, -0.2) is 0 Å². The molecule has 4 N–H and O–H groups in total. The number of halogens is 2. The second-order valence-corrected chi connectivity index (χ2v) is 7.35. The number of aliphatic hydroxyl groups is 1. The molecule has 1 aromatic carbocycles. The average molecular weight is 370 g/mol. The summed E-state index contributed by atoms with van der Waals surface area (Å²) < 4.78 is 40.0. The molecule has 3 aliphatic carbocycles. The lowest BCUT2D eigenvalue weighted by Crippen LogP contribution is -2.69. The molecule has 1 atom stereocenters. The molecule has 0 spiro atoms. The van der Waals surface area contributed by atoms with Gasteiger partial charge in [-0.05, 0) is 44.2 Å². The molecule has 9 heteroatoms. The van der Waals surface area contributed by atoms with Crippen LogP contribution in [-0.4, -0.2) is 41.1 Å². The number of ether oxygens (including phenoxy) is 3. The van der Waals surface area contributed by atoms with Crippen molar-refractivity contribution in [3.63, 3.8) is 0 Å². The second kappa shape index (κ2) is 5.68. The van der Waals surface area contributed by atoms with Crippen LogP contribution >= 0.6 is 0 Å². The minimum absolute atomic E-state index is 0.0940. The molecule has 7 nitrogen and oxygen atoms in total. The monoisotopic (exact) mass is 370 g/mol. The molecule has 0 saturated heterocycles. The lowest BCUT2D eigenvalue weighted by atomic mass is 9.60. The summed E-state index contributed by atoms with van der Waals surface area (Å²) in [5, 5.41) is 13.2. The predicted octanol–water partition coefficient (Wildman–Crippen LogP) is 1.28. The standard InChI is InChI=1S/C17H20F2N2O5/c18-17(19)25-11-2-1-10(7-12(11)26-17)24-9-14(23)21-16-5-3-15(20,4-6-16)8-13(16)22/h1-2,7,13,22H,3-6,8-9,20H2,(H,21,23)/t13-,15?,16?/m1/s1. The van der Waals surface area contributed by atoms with Crippen molar-refractivity contribution >= 4 is 5.91 Å². The van der Waals surface area contributed by atoms with E-state index in [1.807, 2.05) is 0 Å². The highest BCUT2D eigenvalue weighted by atomic mass is 19.3. The van der Waals surface area contributed by atoms with E-state index in [1.54, 1.807) is 0 Å². The molecular weight excluding hydrogens is 350 g/mol. The van der Waals surface area contributed by atoms with Crippen LogP contribution in [-0.2, 0) is 4.79 Å². The van der Waals surface area contributed by atoms with Gasteiger partial charge in [0, 0.05) is 11.6 Å². The van der Waals surface area contributed by atoms with Crippen molar-refractivity contribution in [2.45, 2.75) is 55.6 Å². The number of amides is 1. The van der Waals surface area contributed by atoms with Crippen molar-refractivity contribution in [1.82, 2.24) is 5.32 Å². The number of benzene rings is 1. The SMILES string of the molecule is NC12CCC(NC(=O)COc3ccc4c(c3)OC(F)(F)O4)(CC1)[C@H](O)C2. The van der Waals surface area contributed by atoms with E-state index in [9.17, 15) is 18.7 Å². The van der Waals surface area contributed by atoms with Gasteiger partial charge in [-0.15, -0.1) is 8.78 Å². The van der Waals surface area contributed by atoms with Crippen LogP contribution in [0.4, 0.5) is 8.78 Å². The number of nitrogens with two attached hydrogens (primary N) is 1. The molecule has 0 aromatic heterocycles. The number of fused-ring (bicyclic) bond motifs is 4. The predicted molar refractivity (Wildman–Crippen MR) is 85.0 cm³/mol.